The summed E-state index contributed by atoms with van der Waals surface area (Å²) in [7, 11) is 0. The fraction of sp³-hybridized carbons (Fsp3) is 0.105. The first kappa shape index (κ1) is 18.0. The van der Waals surface area contributed by atoms with Crippen molar-refractivity contribution < 1.29 is 14.7 Å². The lowest BCUT2D eigenvalue weighted by Gasteiger charge is -2.08. The number of nitrogens with one attached hydrogen (secondary N) is 3. The van der Waals surface area contributed by atoms with Crippen molar-refractivity contribution in [1.82, 2.24) is 10.2 Å². The molecule has 0 aliphatic carbocycles. The van der Waals surface area contributed by atoms with Gasteiger partial charge in [-0.15, -0.1) is 0 Å². The molecule has 1 amide bonds. The molecule has 0 bridgehead atoms. The number of aromatic nitrogens is 2. The van der Waals surface area contributed by atoms with Crippen molar-refractivity contribution in [2.45, 2.75) is 13.5 Å². The number of nitrogens with two attached hydrogens (primary N) is 1. The summed E-state index contributed by atoms with van der Waals surface area (Å²) in [5.74, 6) is 0.185. The Morgan fingerprint density at radius 2 is 1.78 bits per heavy atom. The fourth-order valence-electron chi connectivity index (χ4n) is 2.53. The summed E-state index contributed by atoms with van der Waals surface area (Å²) in [5, 5.41) is 22.3. The molecule has 2 aromatic carbocycles. The number of nitrogens with zero attached hydrogens (tertiary/aromatic N) is 1. The molecule has 8 nitrogen and oxygen atoms in total. The number of hydrogen-bond donors (Lipinski definition) is 5. The number of Topliss-reactive ketones (excluding diaryl/α,β-unsaturated/α-hetero) is 1. The number of carbonyl (C=O) groups excluding carboxylic acids is 2. The second kappa shape index (κ2) is 7.61. The van der Waals surface area contributed by atoms with Crippen LogP contribution in [-0.2, 0) is 6.54 Å². The monoisotopic (exact) mass is 365 g/mol. The number of aromatic hydroxyl groups is 1. The predicted molar refractivity (Wildman–Crippen MR) is 102 cm³/mol. The number of carbonyl (C=O) groups is 2. The summed E-state index contributed by atoms with van der Waals surface area (Å²) in [6.45, 7) is 1.90. The molecule has 138 valence electrons. The van der Waals surface area contributed by atoms with Gasteiger partial charge in [-0.25, -0.2) is 0 Å². The Labute approximate surface area is 155 Å². The van der Waals surface area contributed by atoms with Crippen molar-refractivity contribution in [3.8, 4) is 5.75 Å². The van der Waals surface area contributed by atoms with Gasteiger partial charge in [0.15, 0.2) is 11.6 Å². The van der Waals surface area contributed by atoms with Gasteiger partial charge in [0.05, 0.1) is 0 Å². The summed E-state index contributed by atoms with van der Waals surface area (Å²) in [4.78, 5) is 23.2. The third kappa shape index (κ3) is 4.24. The summed E-state index contributed by atoms with van der Waals surface area (Å²) < 4.78 is 0. The number of primary amides is 1. The maximum absolute atomic E-state index is 11.9. The highest BCUT2D eigenvalue weighted by Gasteiger charge is 2.18. The van der Waals surface area contributed by atoms with Crippen LogP contribution in [0.4, 0.5) is 17.3 Å². The zero-order chi connectivity index (χ0) is 19.4. The molecule has 1 aromatic heterocycles. The Balaban J connectivity index is 1.77. The van der Waals surface area contributed by atoms with Crippen LogP contribution in [0.2, 0.25) is 0 Å². The van der Waals surface area contributed by atoms with E-state index in [2.05, 4.69) is 20.8 Å². The van der Waals surface area contributed by atoms with Crippen LogP contribution in [0.15, 0.2) is 48.5 Å². The Morgan fingerprint density at radius 1 is 1.11 bits per heavy atom. The topological polar surface area (TPSA) is 133 Å². The average molecular weight is 365 g/mol. The summed E-state index contributed by atoms with van der Waals surface area (Å²) in [6, 6.07) is 13.5. The van der Waals surface area contributed by atoms with Gasteiger partial charge in [-0.3, -0.25) is 14.7 Å². The molecule has 0 aliphatic rings. The molecule has 0 saturated carbocycles. The lowest BCUT2D eigenvalue weighted by atomic mass is 10.1. The molecule has 27 heavy (non-hydrogen) atoms. The molecular weight excluding hydrogens is 346 g/mol. The predicted octanol–water partition coefficient (Wildman–Crippen LogP) is 2.77. The Morgan fingerprint density at radius 3 is 2.37 bits per heavy atom. The molecule has 0 unspecified atom stereocenters. The second-order valence-corrected chi connectivity index (χ2v) is 5.97. The number of aromatic amines is 1. The first-order valence-corrected chi connectivity index (χ1v) is 8.22. The summed E-state index contributed by atoms with van der Waals surface area (Å²) in [6.07, 6.45) is 0. The smallest absolute Gasteiger partial charge is 0.256 e. The van der Waals surface area contributed by atoms with E-state index < -0.39 is 5.91 Å². The van der Waals surface area contributed by atoms with E-state index in [9.17, 15) is 14.7 Å². The number of hydrogen-bond acceptors (Lipinski definition) is 6. The molecule has 3 rings (SSSR count). The van der Waals surface area contributed by atoms with Gasteiger partial charge in [0, 0.05) is 17.8 Å². The maximum Gasteiger partial charge on any atom is 0.256 e. The lowest BCUT2D eigenvalue weighted by Crippen LogP contribution is -2.15. The molecule has 1 heterocycles. The van der Waals surface area contributed by atoms with Crippen molar-refractivity contribution in [3.63, 3.8) is 0 Å². The Hall–Kier alpha value is -3.81. The van der Waals surface area contributed by atoms with Gasteiger partial charge in [-0.05, 0) is 48.9 Å². The minimum absolute atomic E-state index is 0.0263. The maximum atomic E-state index is 11.9. The molecule has 0 atom stereocenters. The average Bonchev–Trinajstić information content (AvgIpc) is 3.04. The molecule has 0 spiro atoms. The third-order valence-corrected chi connectivity index (χ3v) is 3.97. The Bertz CT molecular complexity index is 962. The quantitative estimate of drug-likeness (QED) is 0.409. The molecule has 8 heteroatoms. The van der Waals surface area contributed by atoms with E-state index in [-0.39, 0.29) is 17.1 Å². The molecule has 0 fully saturated rings. The summed E-state index contributed by atoms with van der Waals surface area (Å²) in [5.41, 5.74) is 7.88. The first-order valence-electron chi connectivity index (χ1n) is 8.22. The van der Waals surface area contributed by atoms with Crippen LogP contribution < -0.4 is 16.4 Å². The minimum Gasteiger partial charge on any atom is -0.508 e. The van der Waals surface area contributed by atoms with Gasteiger partial charge >= 0.3 is 0 Å². The van der Waals surface area contributed by atoms with E-state index in [1.807, 2.05) is 0 Å². The van der Waals surface area contributed by atoms with E-state index in [1.165, 1.54) is 6.92 Å². The van der Waals surface area contributed by atoms with Crippen LogP contribution in [-0.4, -0.2) is 27.0 Å². The highest BCUT2D eigenvalue weighted by molar-refractivity contribution is 6.03. The van der Waals surface area contributed by atoms with Crippen molar-refractivity contribution in [1.29, 1.82) is 0 Å². The number of amides is 1. The molecule has 0 aliphatic heterocycles. The molecule has 0 saturated heterocycles. The highest BCUT2D eigenvalue weighted by atomic mass is 16.3. The van der Waals surface area contributed by atoms with Gasteiger partial charge in [0.25, 0.3) is 5.91 Å². The van der Waals surface area contributed by atoms with E-state index >= 15 is 0 Å². The number of phenols is 1. The van der Waals surface area contributed by atoms with Crippen LogP contribution in [0.3, 0.4) is 0 Å². The van der Waals surface area contributed by atoms with Crippen LogP contribution in [0, 0.1) is 0 Å². The normalized spacial score (nSPS) is 10.4. The largest absolute Gasteiger partial charge is 0.508 e. The van der Waals surface area contributed by atoms with Crippen molar-refractivity contribution >= 4 is 29.0 Å². The zero-order valence-corrected chi connectivity index (χ0v) is 14.6. The third-order valence-electron chi connectivity index (χ3n) is 3.97. The van der Waals surface area contributed by atoms with E-state index in [1.54, 1.807) is 48.5 Å². The number of phenolic OH excluding ortho intramolecular Hbond substituents is 1. The highest BCUT2D eigenvalue weighted by Crippen LogP contribution is 2.25. The minimum atomic E-state index is -0.639. The van der Waals surface area contributed by atoms with E-state index in [4.69, 9.17) is 5.73 Å². The Kier molecular flexibility index (Phi) is 5.07. The van der Waals surface area contributed by atoms with Gasteiger partial charge in [-0.2, -0.15) is 5.10 Å². The standard InChI is InChI=1S/C19H19N5O3/c1-11(25)13-4-6-14(7-5-13)22-19-16(17(20)27)18(23-24-19)21-10-12-2-8-15(26)9-3-12/h2-9,26H,10H2,1H3,(H2,20,27)(H3,21,22,23,24). The fourth-order valence-corrected chi connectivity index (χ4v) is 2.53. The lowest BCUT2D eigenvalue weighted by molar-refractivity contribution is 0.0997. The van der Waals surface area contributed by atoms with Gasteiger partial charge in [0.1, 0.15) is 17.1 Å². The second-order valence-electron chi connectivity index (χ2n) is 5.97. The van der Waals surface area contributed by atoms with E-state index in [0.29, 0.717) is 29.4 Å². The number of ketones is 1. The SMILES string of the molecule is CC(=O)c1ccc(Nc2[nH]nc(NCc3ccc(O)cc3)c2C(N)=O)cc1. The van der Waals surface area contributed by atoms with Crippen molar-refractivity contribution in [3.05, 3.63) is 65.2 Å². The van der Waals surface area contributed by atoms with E-state index in [0.717, 1.165) is 5.56 Å². The van der Waals surface area contributed by atoms with Crippen LogP contribution in [0.5, 0.6) is 5.75 Å². The molecular formula is C19H19N5O3. The number of rotatable bonds is 7. The molecule has 0 radical (unpaired) electrons. The van der Waals surface area contributed by atoms with Crippen LogP contribution >= 0.6 is 0 Å². The number of benzene rings is 2. The number of H-pyrrole nitrogens is 1. The van der Waals surface area contributed by atoms with Gasteiger partial charge in [0.2, 0.25) is 0 Å². The van der Waals surface area contributed by atoms with Crippen molar-refractivity contribution in [2.24, 2.45) is 5.73 Å². The van der Waals surface area contributed by atoms with Crippen LogP contribution in [0.25, 0.3) is 0 Å². The van der Waals surface area contributed by atoms with Crippen LogP contribution in [0.1, 0.15) is 33.2 Å². The number of anilines is 3. The molecule has 3 aromatic rings. The van der Waals surface area contributed by atoms with Gasteiger partial charge < -0.3 is 21.5 Å². The zero-order valence-electron chi connectivity index (χ0n) is 14.6. The summed E-state index contributed by atoms with van der Waals surface area (Å²) >= 11 is 0. The van der Waals surface area contributed by atoms with Gasteiger partial charge in [-0.1, -0.05) is 12.1 Å². The first-order chi connectivity index (χ1) is 12.9. The molecule has 6 N–H and O–H groups in total. The van der Waals surface area contributed by atoms with Crippen molar-refractivity contribution in [2.75, 3.05) is 10.6 Å².